The summed E-state index contributed by atoms with van der Waals surface area (Å²) in [7, 11) is 0. The Bertz CT molecular complexity index is 1020. The molecule has 3 aromatic rings. The lowest BCUT2D eigenvalue weighted by Gasteiger charge is -2.18. The van der Waals surface area contributed by atoms with Crippen LogP contribution < -0.4 is 10.6 Å². The van der Waals surface area contributed by atoms with Crippen molar-refractivity contribution in [2.45, 2.75) is 26.1 Å². The second-order valence-corrected chi connectivity index (χ2v) is 6.64. The van der Waals surface area contributed by atoms with E-state index in [0.717, 1.165) is 35.7 Å². The molecule has 2 aromatic heterocycles. The molecule has 0 aliphatic carbocycles. The fourth-order valence-corrected chi connectivity index (χ4v) is 2.95. The molecule has 10 heteroatoms. The predicted molar refractivity (Wildman–Crippen MR) is 102 cm³/mol. The molecule has 0 bridgehead atoms. The van der Waals surface area contributed by atoms with Crippen molar-refractivity contribution in [3.05, 3.63) is 71.4 Å². The first-order valence-corrected chi connectivity index (χ1v) is 8.97. The van der Waals surface area contributed by atoms with Crippen LogP contribution in [0.2, 0.25) is 0 Å². The number of furan rings is 1. The van der Waals surface area contributed by atoms with E-state index in [9.17, 15) is 22.8 Å². The van der Waals surface area contributed by atoms with Gasteiger partial charge in [-0.3, -0.25) is 14.3 Å². The van der Waals surface area contributed by atoms with Crippen LogP contribution in [0.3, 0.4) is 0 Å². The number of nitrogens with zero attached hydrogens (tertiary/aromatic N) is 2. The van der Waals surface area contributed by atoms with Crippen molar-refractivity contribution in [3.8, 4) is 0 Å². The monoisotopic (exact) mass is 420 g/mol. The molecular formula is C20H19F3N4O3. The number of hydrogen-bond donors (Lipinski definition) is 2. The third kappa shape index (κ3) is 4.88. The number of halogens is 3. The van der Waals surface area contributed by atoms with Gasteiger partial charge in [0.05, 0.1) is 17.5 Å². The van der Waals surface area contributed by atoms with Crippen molar-refractivity contribution < 1.29 is 27.2 Å². The minimum Gasteiger partial charge on any atom is -0.467 e. The Labute approximate surface area is 169 Å². The molecule has 0 unspecified atom stereocenters. The molecule has 158 valence electrons. The number of aryl methyl sites for hydroxylation is 2. The third-order valence-corrected chi connectivity index (χ3v) is 4.34. The van der Waals surface area contributed by atoms with Crippen molar-refractivity contribution in [1.29, 1.82) is 0 Å². The largest absolute Gasteiger partial charge is 0.467 e. The highest BCUT2D eigenvalue weighted by Crippen LogP contribution is 2.29. The van der Waals surface area contributed by atoms with Crippen molar-refractivity contribution >= 4 is 17.5 Å². The Balaban J connectivity index is 1.65. The van der Waals surface area contributed by atoms with E-state index < -0.39 is 29.6 Å². The van der Waals surface area contributed by atoms with Crippen LogP contribution in [0.5, 0.6) is 0 Å². The molecule has 0 saturated heterocycles. The quantitative estimate of drug-likeness (QED) is 0.619. The molecular weight excluding hydrogens is 401 g/mol. The number of carbonyl (C=O) groups excluding carboxylic acids is 2. The lowest BCUT2D eigenvalue weighted by atomic mass is 10.2. The van der Waals surface area contributed by atoms with E-state index in [1.807, 2.05) is 19.9 Å². The van der Waals surface area contributed by atoms with E-state index in [2.05, 4.69) is 15.7 Å². The average Bonchev–Trinajstić information content (AvgIpc) is 3.31. The Kier molecular flexibility index (Phi) is 5.95. The Hall–Kier alpha value is -3.56. The molecule has 0 saturated carbocycles. The molecule has 30 heavy (non-hydrogen) atoms. The SMILES string of the molecule is Cc1cc(C)n([C@H](CNC(=O)C(=O)Nc2ccc(C(F)(F)F)cc2)c2ccco2)n1. The highest BCUT2D eigenvalue weighted by atomic mass is 19.4. The zero-order valence-electron chi connectivity index (χ0n) is 16.2. The fourth-order valence-electron chi connectivity index (χ4n) is 2.95. The fraction of sp³-hybridized carbons (Fsp3) is 0.250. The molecule has 2 amide bonds. The van der Waals surface area contributed by atoms with Crippen LogP contribution in [0.25, 0.3) is 0 Å². The van der Waals surface area contributed by atoms with Crippen LogP contribution in [0.1, 0.15) is 28.8 Å². The number of anilines is 1. The van der Waals surface area contributed by atoms with Crippen molar-refractivity contribution in [3.63, 3.8) is 0 Å². The molecule has 2 N–H and O–H groups in total. The smallest absolute Gasteiger partial charge is 0.416 e. The van der Waals surface area contributed by atoms with Crippen LogP contribution in [0.4, 0.5) is 18.9 Å². The second-order valence-electron chi connectivity index (χ2n) is 6.64. The van der Waals surface area contributed by atoms with Gasteiger partial charge in [-0.1, -0.05) is 0 Å². The minimum absolute atomic E-state index is 0.0226. The highest BCUT2D eigenvalue weighted by molar-refractivity contribution is 6.39. The van der Waals surface area contributed by atoms with Crippen molar-refractivity contribution in [1.82, 2.24) is 15.1 Å². The van der Waals surface area contributed by atoms with Gasteiger partial charge < -0.3 is 15.1 Å². The summed E-state index contributed by atoms with van der Waals surface area (Å²) in [6.45, 7) is 3.71. The first-order valence-electron chi connectivity index (χ1n) is 8.97. The van der Waals surface area contributed by atoms with Gasteiger partial charge in [0.2, 0.25) is 0 Å². The number of hydrogen-bond acceptors (Lipinski definition) is 4. The van der Waals surface area contributed by atoms with Crippen molar-refractivity contribution in [2.75, 3.05) is 11.9 Å². The van der Waals surface area contributed by atoms with E-state index in [-0.39, 0.29) is 12.2 Å². The summed E-state index contributed by atoms with van der Waals surface area (Å²) in [4.78, 5) is 24.3. The predicted octanol–water partition coefficient (Wildman–Crippen LogP) is 3.46. The van der Waals surface area contributed by atoms with Gasteiger partial charge in [0.1, 0.15) is 11.8 Å². The summed E-state index contributed by atoms with van der Waals surface area (Å²) in [5, 5.41) is 9.18. The normalized spacial score (nSPS) is 12.4. The van der Waals surface area contributed by atoms with E-state index in [0.29, 0.717) is 5.76 Å². The molecule has 0 aliphatic rings. The average molecular weight is 420 g/mol. The summed E-state index contributed by atoms with van der Waals surface area (Å²) >= 11 is 0. The lowest BCUT2D eigenvalue weighted by molar-refractivity contribution is -0.137. The maximum Gasteiger partial charge on any atom is 0.416 e. The van der Waals surface area contributed by atoms with Gasteiger partial charge in [-0.2, -0.15) is 18.3 Å². The molecule has 3 rings (SSSR count). The van der Waals surface area contributed by atoms with E-state index in [1.165, 1.54) is 6.26 Å². The number of benzene rings is 1. The Morgan fingerprint density at radius 2 is 1.83 bits per heavy atom. The topological polar surface area (TPSA) is 89.2 Å². The Morgan fingerprint density at radius 1 is 1.13 bits per heavy atom. The van der Waals surface area contributed by atoms with Crippen LogP contribution in [-0.2, 0) is 15.8 Å². The standard InChI is InChI=1S/C20H19F3N4O3/c1-12-10-13(2)27(26-12)16(17-4-3-9-30-17)11-24-18(28)19(29)25-15-7-5-14(6-8-15)20(21,22)23/h3-10,16H,11H2,1-2H3,(H,24,28)(H,25,29)/t16-/m1/s1. The first-order chi connectivity index (χ1) is 14.1. The van der Waals surface area contributed by atoms with Crippen molar-refractivity contribution in [2.24, 2.45) is 0 Å². The first kappa shape index (κ1) is 21.2. The van der Waals surface area contributed by atoms with Gasteiger partial charge in [0.25, 0.3) is 0 Å². The molecule has 2 heterocycles. The van der Waals surface area contributed by atoms with E-state index in [4.69, 9.17) is 4.42 Å². The van der Waals surface area contributed by atoms with Gasteiger partial charge in [0.15, 0.2) is 0 Å². The van der Waals surface area contributed by atoms with Gasteiger partial charge >= 0.3 is 18.0 Å². The summed E-state index contributed by atoms with van der Waals surface area (Å²) in [5.74, 6) is -1.39. The molecule has 0 fully saturated rings. The Morgan fingerprint density at radius 3 is 2.37 bits per heavy atom. The molecule has 0 aliphatic heterocycles. The summed E-state index contributed by atoms with van der Waals surface area (Å²) in [6, 6.07) is 8.63. The zero-order valence-corrected chi connectivity index (χ0v) is 16.2. The molecule has 0 spiro atoms. The maximum atomic E-state index is 12.6. The number of aromatic nitrogens is 2. The molecule has 1 aromatic carbocycles. The van der Waals surface area contributed by atoms with E-state index >= 15 is 0 Å². The van der Waals surface area contributed by atoms with Crippen LogP contribution in [-0.4, -0.2) is 28.1 Å². The number of alkyl halides is 3. The number of amides is 2. The molecule has 1 atom stereocenters. The number of carbonyl (C=O) groups is 2. The van der Waals surface area contributed by atoms with Crippen LogP contribution >= 0.6 is 0 Å². The maximum absolute atomic E-state index is 12.6. The van der Waals surface area contributed by atoms with Crippen LogP contribution in [0.15, 0.2) is 53.1 Å². The third-order valence-electron chi connectivity index (χ3n) is 4.34. The lowest BCUT2D eigenvalue weighted by Crippen LogP contribution is -2.39. The van der Waals surface area contributed by atoms with Gasteiger partial charge in [-0.05, 0) is 56.3 Å². The molecule has 7 nitrogen and oxygen atoms in total. The van der Waals surface area contributed by atoms with Gasteiger partial charge in [-0.15, -0.1) is 0 Å². The zero-order chi connectivity index (χ0) is 21.9. The molecule has 0 radical (unpaired) electrons. The summed E-state index contributed by atoms with van der Waals surface area (Å²) < 4.78 is 44.9. The van der Waals surface area contributed by atoms with Crippen LogP contribution in [0, 0.1) is 13.8 Å². The van der Waals surface area contributed by atoms with Gasteiger partial charge in [-0.25, -0.2) is 0 Å². The highest BCUT2D eigenvalue weighted by Gasteiger charge is 2.30. The summed E-state index contributed by atoms with van der Waals surface area (Å²) in [6.07, 6.45) is -2.99. The second kappa shape index (κ2) is 8.44. The van der Waals surface area contributed by atoms with E-state index in [1.54, 1.807) is 16.8 Å². The van der Waals surface area contributed by atoms with Gasteiger partial charge in [0, 0.05) is 17.9 Å². The number of rotatable bonds is 5. The minimum atomic E-state index is -4.48. The summed E-state index contributed by atoms with van der Waals surface area (Å²) in [5.41, 5.74) is 0.855. The number of nitrogens with one attached hydrogen (secondary N) is 2.